The summed E-state index contributed by atoms with van der Waals surface area (Å²) in [4.78, 5) is 36.6. The highest BCUT2D eigenvalue weighted by atomic mass is 16.5. The molecule has 7 nitrogen and oxygen atoms in total. The molecule has 0 aliphatic carbocycles. The van der Waals surface area contributed by atoms with Crippen molar-refractivity contribution in [2.45, 2.75) is 12.6 Å². The summed E-state index contributed by atoms with van der Waals surface area (Å²) < 4.78 is 5.51. The van der Waals surface area contributed by atoms with E-state index in [1.54, 1.807) is 24.1 Å². The molecule has 2 amide bonds. The molecular formula is C24H20N4O3. The van der Waals surface area contributed by atoms with Crippen molar-refractivity contribution >= 4 is 23.2 Å². The molecule has 0 radical (unpaired) electrons. The minimum absolute atomic E-state index is 0.251. The van der Waals surface area contributed by atoms with Crippen molar-refractivity contribution in [3.63, 3.8) is 0 Å². The predicted octanol–water partition coefficient (Wildman–Crippen LogP) is 2.59. The number of hydrogen-bond acceptors (Lipinski definition) is 5. The molecule has 1 N–H and O–H groups in total. The van der Waals surface area contributed by atoms with Crippen LogP contribution in [-0.2, 0) is 11.2 Å². The Morgan fingerprint density at radius 2 is 1.90 bits per heavy atom. The van der Waals surface area contributed by atoms with Gasteiger partial charge < -0.3 is 15.0 Å². The summed E-state index contributed by atoms with van der Waals surface area (Å²) in [5, 5.41) is 2.80. The first-order valence-electron chi connectivity index (χ1n) is 10.0. The van der Waals surface area contributed by atoms with Crippen molar-refractivity contribution in [1.29, 1.82) is 0 Å². The number of nitrogens with one attached hydrogen (secondary N) is 1. The second kappa shape index (κ2) is 7.68. The van der Waals surface area contributed by atoms with Crippen LogP contribution in [0.3, 0.4) is 0 Å². The third-order valence-corrected chi connectivity index (χ3v) is 5.54. The van der Waals surface area contributed by atoms with Gasteiger partial charge in [0, 0.05) is 35.6 Å². The van der Waals surface area contributed by atoms with Crippen molar-refractivity contribution < 1.29 is 14.3 Å². The largest absolute Gasteiger partial charge is 0.497 e. The number of carbonyl (C=O) groups is 2. The Kier molecular flexibility index (Phi) is 4.71. The van der Waals surface area contributed by atoms with Crippen LogP contribution in [0.25, 0.3) is 0 Å². The van der Waals surface area contributed by atoms with Crippen molar-refractivity contribution in [1.82, 2.24) is 10.3 Å². The molecule has 0 saturated heterocycles. The maximum Gasteiger partial charge on any atom is 0.272 e. The minimum Gasteiger partial charge on any atom is -0.497 e. The van der Waals surface area contributed by atoms with E-state index in [0.29, 0.717) is 23.6 Å². The average Bonchev–Trinajstić information content (AvgIpc) is 3.21. The van der Waals surface area contributed by atoms with Gasteiger partial charge in [-0.1, -0.05) is 30.3 Å². The zero-order chi connectivity index (χ0) is 21.4. The van der Waals surface area contributed by atoms with Gasteiger partial charge in [-0.15, -0.1) is 0 Å². The lowest BCUT2D eigenvalue weighted by atomic mass is 9.97. The van der Waals surface area contributed by atoms with E-state index in [1.807, 2.05) is 42.5 Å². The Morgan fingerprint density at radius 1 is 1.13 bits per heavy atom. The van der Waals surface area contributed by atoms with Crippen LogP contribution in [0.2, 0.25) is 0 Å². The summed E-state index contributed by atoms with van der Waals surface area (Å²) in [6.45, 7) is 0.535. The number of aliphatic imine (C=N–C) groups is 1. The van der Waals surface area contributed by atoms with Crippen LogP contribution < -0.4 is 15.0 Å². The zero-order valence-electron chi connectivity index (χ0n) is 16.9. The molecule has 7 heteroatoms. The van der Waals surface area contributed by atoms with E-state index < -0.39 is 6.17 Å². The van der Waals surface area contributed by atoms with Gasteiger partial charge in [-0.25, -0.2) is 4.99 Å². The summed E-state index contributed by atoms with van der Waals surface area (Å²) in [6, 6.07) is 16.7. The van der Waals surface area contributed by atoms with E-state index in [2.05, 4.69) is 10.3 Å². The minimum atomic E-state index is -1.04. The first-order valence-corrected chi connectivity index (χ1v) is 10.0. The third-order valence-electron chi connectivity index (χ3n) is 5.54. The summed E-state index contributed by atoms with van der Waals surface area (Å²) >= 11 is 0. The molecule has 3 heterocycles. The normalized spacial score (nSPS) is 16.9. The Labute approximate surface area is 179 Å². The summed E-state index contributed by atoms with van der Waals surface area (Å²) in [6.07, 6.45) is 2.76. The van der Waals surface area contributed by atoms with E-state index >= 15 is 0 Å². The van der Waals surface area contributed by atoms with Gasteiger partial charge in [-0.3, -0.25) is 14.6 Å². The number of methoxy groups -OCH3 is 1. The molecule has 1 aromatic heterocycles. The van der Waals surface area contributed by atoms with Gasteiger partial charge >= 0.3 is 0 Å². The fraction of sp³-hybridized carbons (Fsp3) is 0.167. The lowest BCUT2D eigenvalue weighted by molar-refractivity contribution is -0.120. The number of anilines is 1. The molecular weight excluding hydrogens is 392 g/mol. The van der Waals surface area contributed by atoms with Crippen LogP contribution in [0.15, 0.2) is 72.0 Å². The lowest BCUT2D eigenvalue weighted by Gasteiger charge is -2.21. The highest BCUT2D eigenvalue weighted by molar-refractivity contribution is 6.21. The smallest absolute Gasteiger partial charge is 0.272 e. The molecule has 154 valence electrons. The second-order valence-corrected chi connectivity index (χ2v) is 7.38. The molecule has 0 unspecified atom stereocenters. The van der Waals surface area contributed by atoms with Crippen molar-refractivity contribution in [3.05, 3.63) is 89.2 Å². The number of aromatic nitrogens is 1. The Morgan fingerprint density at radius 3 is 2.65 bits per heavy atom. The number of rotatable bonds is 4. The summed E-state index contributed by atoms with van der Waals surface area (Å²) in [5.74, 6) is 0.0873. The molecule has 0 saturated carbocycles. The molecule has 5 rings (SSSR count). The van der Waals surface area contributed by atoms with Crippen LogP contribution in [0.4, 0.5) is 5.69 Å². The SMILES string of the molecule is COc1cc2c3c(c1)C(c1ccccc1)=N[C@@H](NC(=O)c1ccncc1)C(=O)N3CC2. The maximum atomic E-state index is 13.4. The van der Waals surface area contributed by atoms with Crippen LogP contribution >= 0.6 is 0 Å². The number of hydrogen-bond donors (Lipinski definition) is 1. The molecule has 2 aliphatic rings. The van der Waals surface area contributed by atoms with Gasteiger partial charge in [0.05, 0.1) is 18.5 Å². The van der Waals surface area contributed by atoms with Crippen LogP contribution in [-0.4, -0.2) is 42.3 Å². The van der Waals surface area contributed by atoms with E-state index in [-0.39, 0.29) is 11.8 Å². The summed E-state index contributed by atoms with van der Waals surface area (Å²) in [7, 11) is 1.63. The van der Waals surface area contributed by atoms with Gasteiger partial charge in [0.15, 0.2) is 0 Å². The number of carbonyl (C=O) groups excluding carboxylic acids is 2. The lowest BCUT2D eigenvalue weighted by Crippen LogP contribution is -2.46. The number of ether oxygens (including phenoxy) is 1. The average molecular weight is 412 g/mol. The molecule has 3 aromatic rings. The first kappa shape index (κ1) is 19.0. The van der Waals surface area contributed by atoms with Gasteiger partial charge in [-0.05, 0) is 36.2 Å². The monoisotopic (exact) mass is 412 g/mol. The fourth-order valence-electron chi connectivity index (χ4n) is 4.07. The Balaban J connectivity index is 1.64. The quantitative estimate of drug-likeness (QED) is 0.714. The van der Waals surface area contributed by atoms with Crippen LogP contribution in [0.5, 0.6) is 5.75 Å². The molecule has 0 fully saturated rings. The van der Waals surface area contributed by atoms with Gasteiger partial charge in [0.2, 0.25) is 6.17 Å². The van der Waals surface area contributed by atoms with E-state index in [0.717, 1.165) is 28.8 Å². The molecule has 31 heavy (non-hydrogen) atoms. The molecule has 1 atom stereocenters. The van der Waals surface area contributed by atoms with E-state index in [9.17, 15) is 9.59 Å². The van der Waals surface area contributed by atoms with Crippen molar-refractivity contribution in [3.8, 4) is 5.75 Å². The maximum absolute atomic E-state index is 13.4. The number of benzene rings is 2. The number of nitrogens with zero attached hydrogens (tertiary/aromatic N) is 3. The number of pyridine rings is 1. The van der Waals surface area contributed by atoms with Gasteiger partial charge in [0.25, 0.3) is 11.8 Å². The highest BCUT2D eigenvalue weighted by Crippen LogP contribution is 2.39. The topological polar surface area (TPSA) is 83.9 Å². The van der Waals surface area contributed by atoms with Crippen LogP contribution in [0, 0.1) is 0 Å². The fourth-order valence-corrected chi connectivity index (χ4v) is 4.07. The zero-order valence-corrected chi connectivity index (χ0v) is 16.9. The van der Waals surface area contributed by atoms with E-state index in [1.165, 1.54) is 12.4 Å². The van der Waals surface area contributed by atoms with Crippen LogP contribution in [0.1, 0.15) is 27.0 Å². The van der Waals surface area contributed by atoms with Gasteiger partial charge in [0.1, 0.15) is 5.75 Å². The van der Waals surface area contributed by atoms with E-state index in [4.69, 9.17) is 9.73 Å². The molecule has 0 bridgehead atoms. The summed E-state index contributed by atoms with van der Waals surface area (Å²) in [5.41, 5.74) is 4.63. The Bertz CT molecular complexity index is 1190. The molecule has 2 aliphatic heterocycles. The molecule has 0 spiro atoms. The standard InChI is InChI=1S/C24H20N4O3/c1-31-18-13-17-9-12-28-21(17)19(14-18)20(15-5-3-2-4-6-15)26-22(24(28)30)27-23(29)16-7-10-25-11-8-16/h2-8,10-11,13-14,22H,9,12H2,1H3,(H,27,29)/t22-/m0/s1. The van der Waals surface area contributed by atoms with Crippen molar-refractivity contribution in [2.75, 3.05) is 18.6 Å². The Hall–Kier alpha value is -4.00. The van der Waals surface area contributed by atoms with Crippen molar-refractivity contribution in [2.24, 2.45) is 4.99 Å². The third kappa shape index (κ3) is 3.34. The predicted molar refractivity (Wildman–Crippen MR) is 117 cm³/mol. The first-order chi connectivity index (χ1) is 15.2. The molecule has 2 aromatic carbocycles. The highest BCUT2D eigenvalue weighted by Gasteiger charge is 2.37. The van der Waals surface area contributed by atoms with Gasteiger partial charge in [-0.2, -0.15) is 0 Å². The second-order valence-electron chi connectivity index (χ2n) is 7.38. The number of amides is 2.